The van der Waals surface area contributed by atoms with Crippen molar-refractivity contribution >= 4 is 0 Å². The molecule has 0 aromatic carbocycles. The van der Waals surface area contributed by atoms with E-state index in [4.69, 9.17) is 20.3 Å². The number of nitrogens with two attached hydrogens (primary N) is 1. The van der Waals surface area contributed by atoms with Crippen LogP contribution in [0.5, 0.6) is 0 Å². The van der Waals surface area contributed by atoms with E-state index in [1.165, 1.54) is 7.11 Å². The van der Waals surface area contributed by atoms with Gasteiger partial charge in [0.1, 0.15) is 18.3 Å². The Hall–Kier alpha value is -0.240. The van der Waals surface area contributed by atoms with E-state index < -0.39 is 30.6 Å². The Morgan fingerprint density at radius 3 is 2.46 bits per heavy atom. The Balaban J connectivity index is 2.66. The quantitative estimate of drug-likeness (QED) is 0.383. The van der Waals surface area contributed by atoms with E-state index in [1.54, 1.807) is 0 Å². The largest absolute Gasteiger partial charge is 0.394 e. The molecule has 5 atom stereocenters. The second-order valence-corrected chi connectivity index (χ2v) is 3.02. The van der Waals surface area contributed by atoms with Gasteiger partial charge in [-0.25, -0.2) is 0 Å². The monoisotopic (exact) mass is 193 g/mol. The summed E-state index contributed by atoms with van der Waals surface area (Å²) in [6.07, 6.45) is -3.96. The molecule has 0 saturated carbocycles. The minimum Gasteiger partial charge on any atom is -0.394 e. The Kier molecular flexibility index (Phi) is 3.60. The Morgan fingerprint density at radius 2 is 2.00 bits per heavy atom. The molecule has 6 nitrogen and oxygen atoms in total. The summed E-state index contributed by atoms with van der Waals surface area (Å²) in [4.78, 5) is 0. The van der Waals surface area contributed by atoms with Crippen LogP contribution < -0.4 is 5.73 Å². The van der Waals surface area contributed by atoms with Gasteiger partial charge >= 0.3 is 0 Å². The van der Waals surface area contributed by atoms with Crippen LogP contribution in [0.2, 0.25) is 0 Å². The molecule has 0 amide bonds. The molecule has 1 aliphatic heterocycles. The first-order valence-corrected chi connectivity index (χ1v) is 4.02. The van der Waals surface area contributed by atoms with E-state index in [0.717, 1.165) is 0 Å². The third-order valence-corrected chi connectivity index (χ3v) is 2.16. The second kappa shape index (κ2) is 4.32. The summed E-state index contributed by atoms with van der Waals surface area (Å²) in [5.74, 6) is 0. The molecule has 5 N–H and O–H groups in total. The van der Waals surface area contributed by atoms with Gasteiger partial charge in [-0.1, -0.05) is 0 Å². The van der Waals surface area contributed by atoms with Crippen LogP contribution in [0.1, 0.15) is 0 Å². The topological polar surface area (TPSA) is 105 Å². The van der Waals surface area contributed by atoms with Gasteiger partial charge in [-0.15, -0.1) is 0 Å². The first-order chi connectivity index (χ1) is 6.11. The fourth-order valence-corrected chi connectivity index (χ4v) is 1.32. The van der Waals surface area contributed by atoms with Crippen molar-refractivity contribution in [1.29, 1.82) is 0 Å². The van der Waals surface area contributed by atoms with Crippen LogP contribution in [0.4, 0.5) is 0 Å². The third-order valence-electron chi connectivity index (χ3n) is 2.16. The van der Waals surface area contributed by atoms with Gasteiger partial charge < -0.3 is 30.5 Å². The number of hydrogen-bond donors (Lipinski definition) is 4. The summed E-state index contributed by atoms with van der Waals surface area (Å²) in [7, 11) is 1.38. The average molecular weight is 193 g/mol. The van der Waals surface area contributed by atoms with E-state index in [0.29, 0.717) is 0 Å². The van der Waals surface area contributed by atoms with Crippen molar-refractivity contribution in [2.75, 3.05) is 13.7 Å². The van der Waals surface area contributed by atoms with Crippen molar-refractivity contribution in [3.05, 3.63) is 0 Å². The van der Waals surface area contributed by atoms with Crippen LogP contribution in [0.15, 0.2) is 0 Å². The van der Waals surface area contributed by atoms with Crippen molar-refractivity contribution in [3.63, 3.8) is 0 Å². The third kappa shape index (κ3) is 1.98. The number of aliphatic hydroxyl groups excluding tert-OH is 3. The van der Waals surface area contributed by atoms with Crippen molar-refractivity contribution < 1.29 is 24.8 Å². The lowest BCUT2D eigenvalue weighted by Gasteiger charge is -2.39. The molecule has 0 aliphatic carbocycles. The SMILES string of the molecule is CO[C@H]1OC(CO)C(O)C(O)[C@@H]1N. The van der Waals surface area contributed by atoms with Gasteiger partial charge in [0.05, 0.1) is 12.6 Å². The minimum absolute atomic E-state index is 0.384. The highest BCUT2D eigenvalue weighted by molar-refractivity contribution is 4.91. The van der Waals surface area contributed by atoms with Crippen LogP contribution in [0.25, 0.3) is 0 Å². The van der Waals surface area contributed by atoms with Crippen LogP contribution in [0, 0.1) is 0 Å². The van der Waals surface area contributed by atoms with E-state index in [2.05, 4.69) is 0 Å². The van der Waals surface area contributed by atoms with Crippen LogP contribution in [0.3, 0.4) is 0 Å². The molecule has 0 aromatic heterocycles. The number of hydrogen-bond acceptors (Lipinski definition) is 6. The summed E-state index contributed by atoms with van der Waals surface area (Å²) in [5.41, 5.74) is 5.50. The molecule has 3 unspecified atom stereocenters. The van der Waals surface area contributed by atoms with Crippen molar-refractivity contribution in [2.24, 2.45) is 5.73 Å². The molecule has 1 rings (SSSR count). The lowest BCUT2D eigenvalue weighted by molar-refractivity contribution is -0.257. The summed E-state index contributed by atoms with van der Waals surface area (Å²) in [6.45, 7) is -0.384. The molecule has 1 fully saturated rings. The van der Waals surface area contributed by atoms with Crippen LogP contribution in [-0.2, 0) is 9.47 Å². The normalized spacial score (nSPS) is 46.4. The number of rotatable bonds is 2. The minimum atomic E-state index is -1.17. The molecular weight excluding hydrogens is 178 g/mol. The summed E-state index contributed by atoms with van der Waals surface area (Å²) in [5, 5.41) is 27.5. The maximum Gasteiger partial charge on any atom is 0.175 e. The first-order valence-electron chi connectivity index (χ1n) is 4.02. The Morgan fingerprint density at radius 1 is 1.38 bits per heavy atom. The zero-order chi connectivity index (χ0) is 10.0. The summed E-state index contributed by atoms with van der Waals surface area (Å²) in [6, 6.07) is -0.803. The molecule has 1 aliphatic rings. The molecule has 0 radical (unpaired) electrons. The fraction of sp³-hybridized carbons (Fsp3) is 1.00. The van der Waals surface area contributed by atoms with Gasteiger partial charge in [0.15, 0.2) is 6.29 Å². The maximum absolute atomic E-state index is 9.40. The van der Waals surface area contributed by atoms with Crippen molar-refractivity contribution in [1.82, 2.24) is 0 Å². The van der Waals surface area contributed by atoms with Gasteiger partial charge in [-0.2, -0.15) is 0 Å². The van der Waals surface area contributed by atoms with Crippen molar-refractivity contribution in [2.45, 2.75) is 30.6 Å². The highest BCUT2D eigenvalue weighted by atomic mass is 16.7. The zero-order valence-electron chi connectivity index (χ0n) is 7.33. The zero-order valence-corrected chi connectivity index (χ0v) is 7.33. The molecule has 1 saturated heterocycles. The Labute approximate surface area is 75.9 Å². The van der Waals surface area contributed by atoms with Gasteiger partial charge in [0.25, 0.3) is 0 Å². The standard InChI is InChI=1S/C7H15NO5/c1-12-7-4(8)6(11)5(10)3(2-9)13-7/h3-7,9-11H,2,8H2,1H3/t3?,4-,5?,6?,7-/m0/s1. The molecule has 1 heterocycles. The molecule has 0 bridgehead atoms. The van der Waals surface area contributed by atoms with Crippen molar-refractivity contribution in [3.8, 4) is 0 Å². The number of methoxy groups -OCH3 is 1. The van der Waals surface area contributed by atoms with Gasteiger partial charge in [-0.3, -0.25) is 0 Å². The number of aliphatic hydroxyl groups is 3. The molecular formula is C7H15NO5. The Bertz CT molecular complexity index is 147. The van der Waals surface area contributed by atoms with E-state index in [1.807, 2.05) is 0 Å². The highest BCUT2D eigenvalue weighted by Gasteiger charge is 2.42. The van der Waals surface area contributed by atoms with Gasteiger partial charge in [0.2, 0.25) is 0 Å². The van der Waals surface area contributed by atoms with Crippen LogP contribution in [-0.4, -0.2) is 59.7 Å². The average Bonchev–Trinajstić information content (AvgIpc) is 2.15. The lowest BCUT2D eigenvalue weighted by Crippen LogP contribution is -2.62. The second-order valence-electron chi connectivity index (χ2n) is 3.02. The van der Waals surface area contributed by atoms with Crippen LogP contribution >= 0.6 is 0 Å². The predicted molar refractivity (Wildman–Crippen MR) is 42.7 cm³/mol. The molecule has 0 spiro atoms. The maximum atomic E-state index is 9.40. The summed E-state index contributed by atoms with van der Waals surface area (Å²) >= 11 is 0. The smallest absolute Gasteiger partial charge is 0.175 e. The summed E-state index contributed by atoms with van der Waals surface area (Å²) < 4.78 is 9.90. The molecule has 78 valence electrons. The fourth-order valence-electron chi connectivity index (χ4n) is 1.32. The molecule has 13 heavy (non-hydrogen) atoms. The van der Waals surface area contributed by atoms with E-state index >= 15 is 0 Å². The van der Waals surface area contributed by atoms with E-state index in [9.17, 15) is 10.2 Å². The van der Waals surface area contributed by atoms with Gasteiger partial charge in [0, 0.05) is 7.11 Å². The van der Waals surface area contributed by atoms with E-state index in [-0.39, 0.29) is 6.61 Å². The lowest BCUT2D eigenvalue weighted by atomic mass is 9.98. The highest BCUT2D eigenvalue weighted by Crippen LogP contribution is 2.19. The van der Waals surface area contributed by atoms with Gasteiger partial charge in [-0.05, 0) is 0 Å². The molecule has 0 aromatic rings. The molecule has 6 heteroatoms. The number of ether oxygens (including phenoxy) is 2. The first kappa shape index (κ1) is 10.8. The predicted octanol–water partition coefficient (Wildman–Crippen LogP) is -2.60.